The van der Waals surface area contributed by atoms with Gasteiger partial charge in [0.2, 0.25) is 17.6 Å². The smallest absolute Gasteiger partial charge is 0.254 e. The average molecular weight is 1060 g/mol. The second-order valence-electron chi connectivity index (χ2n) is 19.4. The molecule has 3 aliphatic heterocycles. The molecule has 4 aromatic heterocycles. The van der Waals surface area contributed by atoms with Crippen molar-refractivity contribution in [2.75, 3.05) is 68.6 Å². The molecule has 0 bridgehead atoms. The van der Waals surface area contributed by atoms with Gasteiger partial charge in [-0.2, -0.15) is 0 Å². The molecule has 3 N–H and O–H groups in total. The number of benzene rings is 3. The Hall–Kier alpha value is -6.94. The fourth-order valence-corrected chi connectivity index (χ4v) is 11.9. The summed E-state index contributed by atoms with van der Waals surface area (Å²) in [6.45, 7) is 11.0. The number of fused-ring (bicyclic) bond motifs is 1. The lowest BCUT2D eigenvalue weighted by atomic mass is 9.91. The van der Waals surface area contributed by atoms with Crippen LogP contribution in [0.5, 0.6) is 5.88 Å². The Morgan fingerprint density at radius 1 is 0.933 bits per heavy atom. The van der Waals surface area contributed by atoms with E-state index in [1.807, 2.05) is 74.8 Å². The standard InChI is InChI=1S/C54H57F3N10O6S2/c1-32(2)47(54(70)67-17-4-5-44(67)53(69)60-27-34-6-8-36(9-7-34)51-33(3)61-31-74-51)45-26-46(62-73-45)72-24-23-64-19-21-65(22-20-64)39-12-10-35(11-13-39)37-25-40-41(29-59-52(40)58-28-37)50(68)48-42(56)14-15-43(49(48)57)63-75(71)66-18-16-38(55)30-66/h6-15,25-26,28-29,31-32,38,44,47,63H,4-5,16-24,27,30H2,1-3H3,(H,58,59)(H,60,69). The third-order valence-corrected chi connectivity index (χ3v) is 16.4. The number of amides is 2. The summed E-state index contributed by atoms with van der Waals surface area (Å²) in [5.74, 6) is -3.59. The molecule has 16 nitrogen and oxygen atoms in total. The van der Waals surface area contributed by atoms with Crippen molar-refractivity contribution in [3.8, 4) is 27.4 Å². The van der Waals surface area contributed by atoms with Gasteiger partial charge in [-0.05, 0) is 84.3 Å². The summed E-state index contributed by atoms with van der Waals surface area (Å²) in [5.41, 5.74) is 6.65. The molecular weight excluding hydrogens is 1010 g/mol. The van der Waals surface area contributed by atoms with Crippen LogP contribution in [0.2, 0.25) is 0 Å². The van der Waals surface area contributed by atoms with Crippen LogP contribution in [0.25, 0.3) is 32.6 Å². The molecule has 3 aliphatic rings. The number of halogens is 3. The fourth-order valence-electron chi connectivity index (χ4n) is 10.1. The number of piperazine rings is 1. The lowest BCUT2D eigenvalue weighted by Crippen LogP contribution is -2.47. The number of likely N-dealkylation sites (tertiary alicyclic amines) is 1. The number of thiazole rings is 1. The van der Waals surface area contributed by atoms with Crippen molar-refractivity contribution in [1.82, 2.24) is 39.5 Å². The van der Waals surface area contributed by atoms with E-state index in [2.05, 4.69) is 39.9 Å². The first-order valence-electron chi connectivity index (χ1n) is 25.1. The molecule has 0 saturated carbocycles. The predicted octanol–water partition coefficient (Wildman–Crippen LogP) is 8.44. The fraction of sp³-hybridized carbons (Fsp3) is 0.370. The van der Waals surface area contributed by atoms with Gasteiger partial charge >= 0.3 is 0 Å². The number of carbonyl (C=O) groups is 3. The van der Waals surface area contributed by atoms with E-state index < -0.39 is 52.3 Å². The van der Waals surface area contributed by atoms with Crippen molar-refractivity contribution in [2.24, 2.45) is 5.92 Å². The minimum Gasteiger partial charge on any atom is -0.474 e. The van der Waals surface area contributed by atoms with Crippen LogP contribution in [-0.4, -0.2) is 127 Å². The molecule has 3 fully saturated rings. The number of alkyl halides is 1. The topological polar surface area (TPSA) is 182 Å². The zero-order valence-electron chi connectivity index (χ0n) is 41.7. The summed E-state index contributed by atoms with van der Waals surface area (Å²) in [7, 11) is 0. The van der Waals surface area contributed by atoms with Gasteiger partial charge in [-0.25, -0.2) is 31.7 Å². The lowest BCUT2D eigenvalue weighted by molar-refractivity contribution is -0.140. The SMILES string of the molecule is Cc1ncsc1-c1ccc(CNC(=O)C2CCCN2C(=O)C(c2cc(OCCN3CCN(c4ccc(-c5cnc6[nH]cc(C(=O)c7c(F)ccc(NS(=O)N8CCC(F)C8)c7F)c6c5)cc4)CC3)no2)C(C)C)cc1. The van der Waals surface area contributed by atoms with Gasteiger partial charge in [-0.15, -0.1) is 11.3 Å². The van der Waals surface area contributed by atoms with Gasteiger partial charge in [0.05, 0.1) is 27.3 Å². The maximum absolute atomic E-state index is 15.8. The molecule has 7 aromatic rings. The van der Waals surface area contributed by atoms with Crippen LogP contribution in [0.3, 0.4) is 0 Å². The lowest BCUT2D eigenvalue weighted by Gasteiger charge is -2.36. The Bertz CT molecular complexity index is 3210. The van der Waals surface area contributed by atoms with Gasteiger partial charge in [0, 0.05) is 99.6 Å². The Morgan fingerprint density at radius 3 is 2.43 bits per heavy atom. The van der Waals surface area contributed by atoms with Gasteiger partial charge in [0.25, 0.3) is 5.88 Å². The summed E-state index contributed by atoms with van der Waals surface area (Å²) in [6.07, 6.45) is 3.38. The van der Waals surface area contributed by atoms with E-state index in [0.29, 0.717) is 60.9 Å². The number of H-pyrrole nitrogens is 1. The Balaban J connectivity index is 0.697. The highest BCUT2D eigenvalue weighted by molar-refractivity contribution is 7.84. The largest absolute Gasteiger partial charge is 0.474 e. The predicted molar refractivity (Wildman–Crippen MR) is 281 cm³/mol. The Kier molecular flexibility index (Phi) is 15.5. The number of hydrogen-bond acceptors (Lipinski definition) is 12. The molecule has 4 atom stereocenters. The number of ether oxygens (including phenoxy) is 1. The maximum Gasteiger partial charge on any atom is 0.254 e. The van der Waals surface area contributed by atoms with E-state index in [0.717, 1.165) is 77.7 Å². The van der Waals surface area contributed by atoms with E-state index in [1.165, 1.54) is 10.5 Å². The minimum atomic E-state index is -1.99. The van der Waals surface area contributed by atoms with Gasteiger partial charge < -0.3 is 29.4 Å². The van der Waals surface area contributed by atoms with E-state index in [9.17, 15) is 23.0 Å². The summed E-state index contributed by atoms with van der Waals surface area (Å²) in [4.78, 5) is 60.6. The molecular formula is C54H57F3N10O6S2. The van der Waals surface area contributed by atoms with E-state index >= 15 is 8.78 Å². The van der Waals surface area contributed by atoms with Crippen molar-refractivity contribution in [2.45, 2.75) is 64.7 Å². The van der Waals surface area contributed by atoms with Crippen LogP contribution < -0.4 is 19.7 Å². The summed E-state index contributed by atoms with van der Waals surface area (Å²) < 4.78 is 72.9. The number of aromatic amines is 1. The van der Waals surface area contributed by atoms with E-state index in [1.54, 1.807) is 34.6 Å². The molecule has 2 amide bonds. The molecule has 0 aliphatic carbocycles. The van der Waals surface area contributed by atoms with Gasteiger partial charge in [0.1, 0.15) is 36.2 Å². The Labute approximate surface area is 438 Å². The van der Waals surface area contributed by atoms with Crippen LogP contribution >= 0.6 is 11.3 Å². The molecule has 7 heterocycles. The summed E-state index contributed by atoms with van der Waals surface area (Å²) in [5, 5.41) is 7.58. The molecule has 21 heteroatoms. The van der Waals surface area contributed by atoms with Crippen molar-refractivity contribution in [1.29, 1.82) is 0 Å². The van der Waals surface area contributed by atoms with Crippen molar-refractivity contribution in [3.05, 3.63) is 130 Å². The first-order chi connectivity index (χ1) is 36.3. The Morgan fingerprint density at radius 2 is 1.71 bits per heavy atom. The first kappa shape index (κ1) is 51.5. The number of aryl methyl sites for hydroxylation is 1. The minimum absolute atomic E-state index is 0.0139. The third kappa shape index (κ3) is 11.2. The van der Waals surface area contributed by atoms with Gasteiger partial charge in [-0.1, -0.05) is 50.2 Å². The normalized spacial score (nSPS) is 18.2. The van der Waals surface area contributed by atoms with Crippen molar-refractivity contribution < 1.29 is 41.0 Å². The highest BCUT2D eigenvalue weighted by Gasteiger charge is 2.40. The number of pyridine rings is 1. The van der Waals surface area contributed by atoms with Gasteiger partial charge in [-0.3, -0.25) is 24.0 Å². The van der Waals surface area contributed by atoms with E-state index in [4.69, 9.17) is 9.26 Å². The van der Waals surface area contributed by atoms with Crippen LogP contribution in [0.15, 0.2) is 95.2 Å². The number of nitrogens with zero attached hydrogens (tertiary/aromatic N) is 7. The van der Waals surface area contributed by atoms with Crippen LogP contribution in [-0.2, 0) is 27.3 Å². The molecule has 4 unspecified atom stereocenters. The monoisotopic (exact) mass is 1060 g/mol. The molecule has 75 heavy (non-hydrogen) atoms. The van der Waals surface area contributed by atoms with E-state index in [-0.39, 0.29) is 48.5 Å². The number of anilines is 2. The number of ketones is 1. The van der Waals surface area contributed by atoms with Crippen LogP contribution in [0, 0.1) is 24.5 Å². The van der Waals surface area contributed by atoms with Crippen molar-refractivity contribution >= 4 is 62.5 Å². The molecule has 3 aromatic carbocycles. The third-order valence-electron chi connectivity index (χ3n) is 14.2. The maximum atomic E-state index is 15.8. The summed E-state index contributed by atoms with van der Waals surface area (Å²) >= 11 is -0.392. The van der Waals surface area contributed by atoms with Crippen LogP contribution in [0.1, 0.15) is 72.0 Å². The zero-order valence-corrected chi connectivity index (χ0v) is 43.3. The number of aromatic nitrogens is 4. The number of rotatable bonds is 18. The van der Waals surface area contributed by atoms with Crippen molar-refractivity contribution in [3.63, 3.8) is 0 Å². The summed E-state index contributed by atoms with van der Waals surface area (Å²) in [6, 6.07) is 20.9. The number of carbonyl (C=O) groups excluding carboxylic acids is 3. The molecule has 0 spiro atoms. The number of hydrogen-bond donors (Lipinski definition) is 3. The quantitative estimate of drug-likeness (QED) is 0.0702. The molecule has 3 saturated heterocycles. The average Bonchev–Trinajstić information content (AvgIpc) is 4.29. The first-order valence-corrected chi connectivity index (χ1v) is 27.1. The highest BCUT2D eigenvalue weighted by atomic mass is 32.2. The number of nitrogens with one attached hydrogen (secondary N) is 3. The zero-order chi connectivity index (χ0) is 52.3. The molecule has 0 radical (unpaired) electrons. The second-order valence-corrected chi connectivity index (χ2v) is 21.5. The molecule has 392 valence electrons. The second kappa shape index (κ2) is 22.5. The van der Waals surface area contributed by atoms with Crippen LogP contribution in [0.4, 0.5) is 24.5 Å². The molecule has 10 rings (SSSR count). The van der Waals surface area contributed by atoms with Gasteiger partial charge in [0.15, 0.2) is 22.7 Å². The highest BCUT2D eigenvalue weighted by Crippen LogP contribution is 2.34.